The maximum absolute atomic E-state index is 12.7. The topological polar surface area (TPSA) is 17.1 Å². The molecule has 0 aromatic heterocycles. The lowest BCUT2D eigenvalue weighted by molar-refractivity contribution is 0.0975. The zero-order chi connectivity index (χ0) is 19.1. The Morgan fingerprint density at radius 1 is 0.963 bits per heavy atom. The largest absolute Gasteiger partial charge is 0.294 e. The van der Waals surface area contributed by atoms with Crippen molar-refractivity contribution < 1.29 is 4.79 Å². The zero-order valence-electron chi connectivity index (χ0n) is 17.0. The third kappa shape index (κ3) is 5.54. The summed E-state index contributed by atoms with van der Waals surface area (Å²) in [4.78, 5) is 12.7. The summed E-state index contributed by atoms with van der Waals surface area (Å²) in [7, 11) is 0. The van der Waals surface area contributed by atoms with Crippen LogP contribution in [0.2, 0.25) is 0 Å². The molecule has 1 aliphatic rings. The number of hydrogen-bond donors (Lipinski definition) is 0. The first-order chi connectivity index (χ1) is 13.2. The van der Waals surface area contributed by atoms with Gasteiger partial charge in [0.1, 0.15) is 0 Å². The van der Waals surface area contributed by atoms with E-state index in [4.69, 9.17) is 0 Å². The number of benzene rings is 2. The molecular weight excluding hydrogens is 328 g/mol. The minimum Gasteiger partial charge on any atom is -0.294 e. The molecule has 1 atom stereocenters. The van der Waals surface area contributed by atoms with Crippen LogP contribution < -0.4 is 0 Å². The van der Waals surface area contributed by atoms with E-state index in [0.29, 0.717) is 12.3 Å². The third-order valence-electron chi connectivity index (χ3n) is 6.38. The van der Waals surface area contributed by atoms with Crippen LogP contribution in [0.5, 0.6) is 0 Å². The molecule has 1 saturated carbocycles. The van der Waals surface area contributed by atoms with Gasteiger partial charge in [-0.2, -0.15) is 0 Å². The van der Waals surface area contributed by atoms with Crippen LogP contribution in [-0.4, -0.2) is 5.78 Å². The number of carbonyl (C=O) groups excluding carboxylic acids is 1. The lowest BCUT2D eigenvalue weighted by Gasteiger charge is -2.29. The van der Waals surface area contributed by atoms with Crippen molar-refractivity contribution in [2.75, 3.05) is 0 Å². The molecule has 1 heteroatoms. The smallest absolute Gasteiger partial charge is 0.163 e. The van der Waals surface area contributed by atoms with E-state index >= 15 is 0 Å². The Hall–Kier alpha value is -1.89. The Bertz CT molecular complexity index is 693. The fourth-order valence-corrected chi connectivity index (χ4v) is 4.51. The molecule has 0 N–H and O–H groups in total. The molecule has 144 valence electrons. The van der Waals surface area contributed by atoms with Gasteiger partial charge < -0.3 is 0 Å². The molecule has 27 heavy (non-hydrogen) atoms. The van der Waals surface area contributed by atoms with E-state index in [9.17, 15) is 4.79 Å². The highest BCUT2D eigenvalue weighted by Gasteiger charge is 2.22. The van der Waals surface area contributed by atoms with Crippen molar-refractivity contribution in [2.45, 2.75) is 77.0 Å². The first kappa shape index (κ1) is 19.9. The van der Waals surface area contributed by atoms with Gasteiger partial charge in [0.25, 0.3) is 0 Å². The minimum absolute atomic E-state index is 0.251. The molecule has 0 saturated heterocycles. The van der Waals surface area contributed by atoms with Crippen molar-refractivity contribution in [3.05, 3.63) is 71.3 Å². The summed E-state index contributed by atoms with van der Waals surface area (Å²) in [6.45, 7) is 4.42. The Kier molecular flexibility index (Phi) is 7.26. The quantitative estimate of drug-likeness (QED) is 0.444. The maximum Gasteiger partial charge on any atom is 0.163 e. The summed E-state index contributed by atoms with van der Waals surface area (Å²) in [5.74, 6) is 2.15. The van der Waals surface area contributed by atoms with Crippen molar-refractivity contribution >= 4 is 5.78 Å². The fourth-order valence-electron chi connectivity index (χ4n) is 4.51. The molecule has 3 rings (SSSR count). The van der Waals surface area contributed by atoms with Crippen molar-refractivity contribution in [1.29, 1.82) is 0 Å². The molecule has 0 heterocycles. The average Bonchev–Trinajstić information content (AvgIpc) is 2.73. The Labute approximate surface area is 165 Å². The SMILES string of the molecule is CCCCC1CCC(c2ccc(C(=O)CC(C)c3ccccc3)cc2)CC1. The van der Waals surface area contributed by atoms with Crippen LogP contribution in [0.4, 0.5) is 0 Å². The van der Waals surface area contributed by atoms with E-state index in [2.05, 4.69) is 50.2 Å². The second-order valence-corrected chi connectivity index (χ2v) is 8.42. The second-order valence-electron chi connectivity index (χ2n) is 8.42. The van der Waals surface area contributed by atoms with Crippen LogP contribution in [0.15, 0.2) is 54.6 Å². The third-order valence-corrected chi connectivity index (χ3v) is 6.38. The lowest BCUT2D eigenvalue weighted by atomic mass is 9.77. The first-order valence-electron chi connectivity index (χ1n) is 10.9. The van der Waals surface area contributed by atoms with E-state index in [-0.39, 0.29) is 11.7 Å². The minimum atomic E-state index is 0.251. The number of hydrogen-bond acceptors (Lipinski definition) is 1. The molecule has 2 aromatic rings. The van der Waals surface area contributed by atoms with Crippen molar-refractivity contribution in [2.24, 2.45) is 5.92 Å². The van der Waals surface area contributed by atoms with Gasteiger partial charge in [0.05, 0.1) is 0 Å². The molecule has 0 amide bonds. The summed E-state index contributed by atoms with van der Waals surface area (Å²) < 4.78 is 0. The van der Waals surface area contributed by atoms with Crippen molar-refractivity contribution in [3.63, 3.8) is 0 Å². The summed E-state index contributed by atoms with van der Waals surface area (Å²) >= 11 is 0. The van der Waals surface area contributed by atoms with E-state index in [1.54, 1.807) is 0 Å². The van der Waals surface area contributed by atoms with Crippen LogP contribution in [0, 0.1) is 5.92 Å². The first-order valence-corrected chi connectivity index (χ1v) is 10.9. The van der Waals surface area contributed by atoms with Gasteiger partial charge in [-0.3, -0.25) is 4.79 Å². The molecule has 1 fully saturated rings. The predicted molar refractivity (Wildman–Crippen MR) is 114 cm³/mol. The average molecular weight is 363 g/mol. The second kappa shape index (κ2) is 9.88. The number of Topliss-reactive ketones (excluding diaryl/α,β-unsaturated/α-hetero) is 1. The molecule has 1 unspecified atom stereocenters. The van der Waals surface area contributed by atoms with Crippen LogP contribution in [0.3, 0.4) is 0 Å². The highest BCUT2D eigenvalue weighted by atomic mass is 16.1. The van der Waals surface area contributed by atoms with E-state index < -0.39 is 0 Å². The number of rotatable bonds is 8. The molecule has 0 bridgehead atoms. The maximum atomic E-state index is 12.7. The Morgan fingerprint density at radius 3 is 2.26 bits per heavy atom. The molecule has 0 aliphatic heterocycles. The van der Waals surface area contributed by atoms with Crippen LogP contribution in [0.1, 0.15) is 98.5 Å². The van der Waals surface area contributed by atoms with E-state index in [1.165, 1.54) is 56.1 Å². The number of carbonyl (C=O) groups is 1. The monoisotopic (exact) mass is 362 g/mol. The molecule has 0 radical (unpaired) electrons. The molecule has 0 spiro atoms. The summed E-state index contributed by atoms with van der Waals surface area (Å²) in [6.07, 6.45) is 10.1. The zero-order valence-corrected chi connectivity index (χ0v) is 17.0. The van der Waals surface area contributed by atoms with Crippen LogP contribution in [0.25, 0.3) is 0 Å². The normalized spacial score (nSPS) is 21.0. The van der Waals surface area contributed by atoms with Crippen LogP contribution >= 0.6 is 0 Å². The summed E-state index contributed by atoms with van der Waals surface area (Å²) in [5, 5.41) is 0. The van der Waals surface area contributed by atoms with Crippen molar-refractivity contribution in [3.8, 4) is 0 Å². The molecule has 2 aromatic carbocycles. The van der Waals surface area contributed by atoms with E-state index in [1.807, 2.05) is 18.2 Å². The molecule has 1 nitrogen and oxygen atoms in total. The standard InChI is InChI=1S/C26H34O/c1-3-4-8-21-11-13-23(14-12-21)24-15-17-25(18-16-24)26(27)19-20(2)22-9-6-5-7-10-22/h5-7,9-10,15-18,20-21,23H,3-4,8,11-14,19H2,1-2H3. The highest BCUT2D eigenvalue weighted by molar-refractivity contribution is 5.96. The van der Waals surface area contributed by atoms with Gasteiger partial charge in [-0.05, 0) is 54.6 Å². The Balaban J connectivity index is 1.53. The lowest BCUT2D eigenvalue weighted by Crippen LogP contribution is -2.13. The Morgan fingerprint density at radius 2 is 1.63 bits per heavy atom. The summed E-state index contributed by atoms with van der Waals surface area (Å²) in [6, 6.07) is 18.8. The van der Waals surface area contributed by atoms with Gasteiger partial charge in [0.2, 0.25) is 0 Å². The highest BCUT2D eigenvalue weighted by Crippen LogP contribution is 2.37. The number of unbranched alkanes of at least 4 members (excludes halogenated alkanes) is 1. The van der Waals surface area contributed by atoms with Gasteiger partial charge in [-0.15, -0.1) is 0 Å². The van der Waals surface area contributed by atoms with Crippen LogP contribution in [-0.2, 0) is 0 Å². The number of ketones is 1. The summed E-state index contributed by atoms with van der Waals surface area (Å²) in [5.41, 5.74) is 3.53. The molecular formula is C26H34O. The van der Waals surface area contributed by atoms with Gasteiger partial charge in [-0.25, -0.2) is 0 Å². The fraction of sp³-hybridized carbons (Fsp3) is 0.500. The van der Waals surface area contributed by atoms with Gasteiger partial charge in [-0.1, -0.05) is 87.7 Å². The van der Waals surface area contributed by atoms with Gasteiger partial charge >= 0.3 is 0 Å². The van der Waals surface area contributed by atoms with E-state index in [0.717, 1.165) is 11.5 Å². The predicted octanol–water partition coefficient (Wildman–Crippen LogP) is 7.53. The van der Waals surface area contributed by atoms with Gasteiger partial charge in [0, 0.05) is 12.0 Å². The van der Waals surface area contributed by atoms with Crippen molar-refractivity contribution in [1.82, 2.24) is 0 Å². The molecule has 1 aliphatic carbocycles. The van der Waals surface area contributed by atoms with Gasteiger partial charge in [0.15, 0.2) is 5.78 Å².